The molecule has 0 radical (unpaired) electrons. The van der Waals surface area contributed by atoms with Gasteiger partial charge in [0, 0.05) is 18.2 Å². The van der Waals surface area contributed by atoms with Crippen molar-refractivity contribution in [1.82, 2.24) is 9.97 Å². The van der Waals surface area contributed by atoms with Crippen molar-refractivity contribution in [3.05, 3.63) is 6.07 Å². The van der Waals surface area contributed by atoms with Crippen LogP contribution in [0.25, 0.3) is 0 Å². The summed E-state index contributed by atoms with van der Waals surface area (Å²) in [7, 11) is 0. The number of piperidine rings is 1. The summed E-state index contributed by atoms with van der Waals surface area (Å²) < 4.78 is 0. The first-order valence-corrected chi connectivity index (χ1v) is 7.55. The Bertz CT molecular complexity index is 442. The van der Waals surface area contributed by atoms with Crippen molar-refractivity contribution in [3.8, 4) is 0 Å². The molecule has 0 amide bonds. The normalized spacial score (nSPS) is 30.8. The van der Waals surface area contributed by atoms with Crippen molar-refractivity contribution in [3.63, 3.8) is 0 Å². The van der Waals surface area contributed by atoms with Crippen LogP contribution in [0.2, 0.25) is 0 Å². The van der Waals surface area contributed by atoms with Crippen LogP contribution in [0.4, 0.5) is 11.6 Å². The Hall–Kier alpha value is -1.01. The molecule has 98 valence electrons. The predicted molar refractivity (Wildman–Crippen MR) is 72.8 cm³/mol. The molecule has 1 aromatic heterocycles. The Labute approximate surface area is 111 Å². The minimum absolute atomic E-state index is 0.155. The van der Waals surface area contributed by atoms with Gasteiger partial charge in [-0.15, -0.1) is 0 Å². The molecule has 3 heterocycles. The van der Waals surface area contributed by atoms with Crippen LogP contribution in [0.3, 0.4) is 0 Å². The zero-order chi connectivity index (χ0) is 12.7. The van der Waals surface area contributed by atoms with Crippen LogP contribution < -0.4 is 10.6 Å². The van der Waals surface area contributed by atoms with Crippen LogP contribution in [0.15, 0.2) is 11.2 Å². The highest BCUT2D eigenvalue weighted by Crippen LogP contribution is 2.39. The SMILES string of the molecule is CSc1nc(N)cc(N2C3CCC2CC(O)C3)n1. The Balaban J connectivity index is 1.93. The van der Waals surface area contributed by atoms with Crippen LogP contribution >= 0.6 is 11.8 Å². The fraction of sp³-hybridized carbons (Fsp3) is 0.667. The summed E-state index contributed by atoms with van der Waals surface area (Å²) >= 11 is 1.51. The van der Waals surface area contributed by atoms with Crippen molar-refractivity contribution in [1.29, 1.82) is 0 Å². The summed E-state index contributed by atoms with van der Waals surface area (Å²) in [6, 6.07) is 2.66. The van der Waals surface area contributed by atoms with Gasteiger partial charge in [-0.2, -0.15) is 0 Å². The molecule has 3 rings (SSSR count). The van der Waals surface area contributed by atoms with Gasteiger partial charge in [-0.3, -0.25) is 0 Å². The summed E-state index contributed by atoms with van der Waals surface area (Å²) in [6.07, 6.45) is 5.76. The van der Waals surface area contributed by atoms with E-state index in [0.29, 0.717) is 17.9 Å². The van der Waals surface area contributed by atoms with E-state index in [-0.39, 0.29) is 6.10 Å². The molecule has 0 aliphatic carbocycles. The van der Waals surface area contributed by atoms with Gasteiger partial charge in [0.2, 0.25) is 0 Å². The lowest BCUT2D eigenvalue weighted by Gasteiger charge is -2.38. The van der Waals surface area contributed by atoms with Crippen molar-refractivity contribution < 1.29 is 5.11 Å². The van der Waals surface area contributed by atoms with Crippen LogP contribution in [0, 0.1) is 0 Å². The molecule has 2 bridgehead atoms. The van der Waals surface area contributed by atoms with Gasteiger partial charge in [0.05, 0.1) is 6.10 Å². The Kier molecular flexibility index (Phi) is 3.07. The molecular weight excluding hydrogens is 248 g/mol. The number of nitrogens with zero attached hydrogens (tertiary/aromatic N) is 3. The van der Waals surface area contributed by atoms with E-state index >= 15 is 0 Å². The summed E-state index contributed by atoms with van der Waals surface area (Å²) in [5.74, 6) is 1.45. The van der Waals surface area contributed by atoms with Crippen LogP contribution in [-0.2, 0) is 0 Å². The van der Waals surface area contributed by atoms with Gasteiger partial charge in [-0.05, 0) is 31.9 Å². The Morgan fingerprint density at radius 1 is 1.33 bits per heavy atom. The minimum atomic E-state index is -0.155. The number of thioether (sulfide) groups is 1. The van der Waals surface area contributed by atoms with Gasteiger partial charge in [-0.1, -0.05) is 11.8 Å². The molecule has 0 saturated carbocycles. The third-order valence-electron chi connectivity index (χ3n) is 3.87. The highest BCUT2D eigenvalue weighted by Gasteiger charge is 2.41. The first-order valence-electron chi connectivity index (χ1n) is 6.32. The lowest BCUT2D eigenvalue weighted by molar-refractivity contribution is 0.126. The number of nitrogens with two attached hydrogens (primary N) is 1. The molecule has 6 heteroatoms. The molecule has 2 aliphatic rings. The summed E-state index contributed by atoms with van der Waals surface area (Å²) in [5.41, 5.74) is 5.84. The van der Waals surface area contributed by atoms with Gasteiger partial charge < -0.3 is 15.7 Å². The summed E-state index contributed by atoms with van der Waals surface area (Å²) in [6.45, 7) is 0. The van der Waals surface area contributed by atoms with Crippen molar-refractivity contribution in [2.24, 2.45) is 0 Å². The highest BCUT2D eigenvalue weighted by atomic mass is 32.2. The number of aliphatic hydroxyl groups is 1. The second kappa shape index (κ2) is 4.59. The smallest absolute Gasteiger partial charge is 0.191 e. The summed E-state index contributed by atoms with van der Waals surface area (Å²) in [4.78, 5) is 11.1. The van der Waals surface area contributed by atoms with Gasteiger partial charge in [-0.25, -0.2) is 9.97 Å². The molecule has 2 aliphatic heterocycles. The number of hydrogen-bond donors (Lipinski definition) is 2. The molecule has 18 heavy (non-hydrogen) atoms. The number of rotatable bonds is 2. The molecule has 5 nitrogen and oxygen atoms in total. The standard InChI is InChI=1S/C12H18N4OS/c1-18-12-14-10(13)6-11(15-12)16-7-2-3-8(16)5-9(17)4-7/h6-9,17H,2-5H2,1H3,(H2,13,14,15). The van der Waals surface area contributed by atoms with E-state index < -0.39 is 0 Å². The summed E-state index contributed by atoms with van der Waals surface area (Å²) in [5, 5.41) is 10.5. The zero-order valence-electron chi connectivity index (χ0n) is 10.4. The molecule has 0 spiro atoms. The molecule has 2 saturated heterocycles. The van der Waals surface area contributed by atoms with Crippen molar-refractivity contribution >= 4 is 23.4 Å². The van der Waals surface area contributed by atoms with Gasteiger partial charge in [0.1, 0.15) is 11.6 Å². The Morgan fingerprint density at radius 3 is 2.61 bits per heavy atom. The van der Waals surface area contributed by atoms with Crippen molar-refractivity contribution in [2.75, 3.05) is 16.9 Å². The fourth-order valence-corrected chi connectivity index (χ4v) is 3.56. The van der Waals surface area contributed by atoms with E-state index in [1.54, 1.807) is 0 Å². The van der Waals surface area contributed by atoms with E-state index in [9.17, 15) is 5.11 Å². The lowest BCUT2D eigenvalue weighted by Crippen LogP contribution is -2.45. The van der Waals surface area contributed by atoms with Crippen LogP contribution in [0.1, 0.15) is 25.7 Å². The third-order valence-corrected chi connectivity index (χ3v) is 4.41. The number of aliphatic hydroxyl groups excluding tert-OH is 1. The van der Waals surface area contributed by atoms with E-state index in [1.807, 2.05) is 12.3 Å². The third kappa shape index (κ3) is 2.03. The van der Waals surface area contributed by atoms with Crippen LogP contribution in [-0.4, -0.2) is 39.5 Å². The average molecular weight is 266 g/mol. The first-order chi connectivity index (χ1) is 8.67. The highest BCUT2D eigenvalue weighted by molar-refractivity contribution is 7.98. The topological polar surface area (TPSA) is 75.3 Å². The van der Waals surface area contributed by atoms with E-state index in [0.717, 1.165) is 36.7 Å². The van der Waals surface area contributed by atoms with E-state index in [1.165, 1.54) is 11.8 Å². The molecule has 1 aromatic rings. The maximum Gasteiger partial charge on any atom is 0.191 e. The number of nitrogen functional groups attached to an aromatic ring is 1. The maximum absolute atomic E-state index is 9.82. The zero-order valence-corrected chi connectivity index (χ0v) is 11.2. The quantitative estimate of drug-likeness (QED) is 0.620. The second-order valence-electron chi connectivity index (χ2n) is 5.06. The van der Waals surface area contributed by atoms with Gasteiger partial charge in [0.25, 0.3) is 0 Å². The minimum Gasteiger partial charge on any atom is -0.393 e. The number of fused-ring (bicyclic) bond motifs is 2. The second-order valence-corrected chi connectivity index (χ2v) is 5.83. The first kappa shape index (κ1) is 12.0. The number of hydrogen-bond acceptors (Lipinski definition) is 6. The molecule has 3 N–H and O–H groups in total. The Morgan fingerprint density at radius 2 is 2.00 bits per heavy atom. The largest absolute Gasteiger partial charge is 0.393 e. The molecule has 2 unspecified atom stereocenters. The maximum atomic E-state index is 9.82. The lowest BCUT2D eigenvalue weighted by atomic mass is 10.00. The van der Waals surface area contributed by atoms with E-state index in [2.05, 4.69) is 14.9 Å². The monoisotopic (exact) mass is 266 g/mol. The molecule has 2 atom stereocenters. The predicted octanol–water partition coefficient (Wildman–Crippen LogP) is 1.27. The molecular formula is C12H18N4OS. The van der Waals surface area contributed by atoms with E-state index in [4.69, 9.17) is 5.73 Å². The van der Waals surface area contributed by atoms with Gasteiger partial charge in [0.15, 0.2) is 5.16 Å². The number of aromatic nitrogens is 2. The van der Waals surface area contributed by atoms with Crippen LogP contribution in [0.5, 0.6) is 0 Å². The molecule has 2 fully saturated rings. The molecule has 0 aromatic carbocycles. The number of anilines is 2. The van der Waals surface area contributed by atoms with Crippen molar-refractivity contribution in [2.45, 2.75) is 49.0 Å². The fourth-order valence-electron chi connectivity index (χ4n) is 3.18. The average Bonchev–Trinajstić information content (AvgIpc) is 2.61. The van der Waals surface area contributed by atoms with Gasteiger partial charge >= 0.3 is 0 Å².